The fourth-order valence-electron chi connectivity index (χ4n) is 3.28. The molecule has 1 heterocycles. The first kappa shape index (κ1) is 18.7. The van der Waals surface area contributed by atoms with Gasteiger partial charge in [0.1, 0.15) is 5.82 Å². The molecule has 1 aliphatic carbocycles. The molecule has 0 aliphatic heterocycles. The molecule has 0 aromatic carbocycles. The third-order valence-electron chi connectivity index (χ3n) is 4.79. The first-order valence-corrected chi connectivity index (χ1v) is 9.27. The number of rotatable bonds is 8. The number of unbranched alkanes of at least 4 members (excludes halogenated alkanes) is 1. The zero-order chi connectivity index (χ0) is 17.4. The second-order valence-corrected chi connectivity index (χ2v) is 7.01. The van der Waals surface area contributed by atoms with Crippen LogP contribution in [-0.4, -0.2) is 28.6 Å². The van der Waals surface area contributed by atoms with E-state index in [1.165, 1.54) is 32.1 Å². The van der Waals surface area contributed by atoms with Gasteiger partial charge in [-0.2, -0.15) is 0 Å². The Morgan fingerprint density at radius 3 is 2.67 bits per heavy atom. The number of hydrogen-bond donors (Lipinski definition) is 3. The van der Waals surface area contributed by atoms with Crippen LogP contribution in [0.1, 0.15) is 58.8 Å². The Labute approximate surface area is 145 Å². The van der Waals surface area contributed by atoms with E-state index in [9.17, 15) is 9.90 Å². The molecule has 0 saturated heterocycles. The van der Waals surface area contributed by atoms with Crippen molar-refractivity contribution in [1.82, 2.24) is 4.98 Å². The minimum Gasteiger partial charge on any atom is -0.392 e. The molecule has 5 heteroatoms. The van der Waals surface area contributed by atoms with E-state index in [1.54, 1.807) is 13.1 Å². The van der Waals surface area contributed by atoms with Gasteiger partial charge in [0.05, 0.1) is 18.0 Å². The number of aliphatic hydroxyl groups is 1. The van der Waals surface area contributed by atoms with E-state index in [0.717, 1.165) is 24.4 Å². The van der Waals surface area contributed by atoms with Gasteiger partial charge < -0.3 is 15.7 Å². The van der Waals surface area contributed by atoms with Crippen LogP contribution in [0.4, 0.5) is 11.5 Å². The van der Waals surface area contributed by atoms with Crippen molar-refractivity contribution in [2.24, 2.45) is 11.8 Å². The number of aromatic nitrogens is 1. The maximum absolute atomic E-state index is 12.4. The van der Waals surface area contributed by atoms with E-state index in [4.69, 9.17) is 0 Å². The largest absolute Gasteiger partial charge is 0.392 e. The van der Waals surface area contributed by atoms with Gasteiger partial charge in [0.25, 0.3) is 0 Å². The van der Waals surface area contributed by atoms with E-state index in [0.29, 0.717) is 12.4 Å². The molecule has 5 nitrogen and oxygen atoms in total. The molecule has 2 rings (SSSR count). The molecular weight excluding hydrogens is 302 g/mol. The smallest absolute Gasteiger partial charge is 0.227 e. The van der Waals surface area contributed by atoms with Crippen molar-refractivity contribution >= 4 is 17.4 Å². The predicted octanol–water partition coefficient (Wildman–Crippen LogP) is 3.81. The number of nitrogens with one attached hydrogen (secondary N) is 2. The van der Waals surface area contributed by atoms with Crippen LogP contribution in [0.15, 0.2) is 18.3 Å². The van der Waals surface area contributed by atoms with Gasteiger partial charge in [-0.25, -0.2) is 4.98 Å². The second-order valence-electron chi connectivity index (χ2n) is 7.01. The molecule has 1 fully saturated rings. The van der Waals surface area contributed by atoms with Gasteiger partial charge >= 0.3 is 0 Å². The third-order valence-corrected chi connectivity index (χ3v) is 4.79. The molecule has 1 aromatic heterocycles. The standard InChI is InChI=1S/C19H31N3O2/c1-3-4-5-15-6-8-16(9-7-15)19(24)22-17-10-11-18(21-13-17)20-12-14(2)23/h10-11,13-16,23H,3-9,12H2,1-2H3,(H,20,21)(H,22,24). The lowest BCUT2D eigenvalue weighted by Gasteiger charge is -2.27. The van der Waals surface area contributed by atoms with Crippen LogP contribution in [0.2, 0.25) is 0 Å². The molecule has 0 spiro atoms. The van der Waals surface area contributed by atoms with Crippen molar-refractivity contribution in [3.8, 4) is 0 Å². The summed E-state index contributed by atoms with van der Waals surface area (Å²) in [6.45, 7) is 4.41. The zero-order valence-electron chi connectivity index (χ0n) is 14.9. The molecule has 1 unspecified atom stereocenters. The molecule has 1 saturated carbocycles. The quantitative estimate of drug-likeness (QED) is 0.676. The Bertz CT molecular complexity index is 494. The number of carbonyl (C=O) groups excluding carboxylic acids is 1. The molecule has 1 amide bonds. The van der Waals surface area contributed by atoms with Gasteiger partial charge in [-0.05, 0) is 50.7 Å². The van der Waals surface area contributed by atoms with E-state index in [-0.39, 0.29) is 11.8 Å². The molecule has 24 heavy (non-hydrogen) atoms. The SMILES string of the molecule is CCCCC1CCC(C(=O)Nc2ccc(NCC(C)O)nc2)CC1. The molecule has 1 aromatic rings. The summed E-state index contributed by atoms with van der Waals surface area (Å²) < 4.78 is 0. The Morgan fingerprint density at radius 1 is 1.33 bits per heavy atom. The predicted molar refractivity (Wildman–Crippen MR) is 98.0 cm³/mol. The minimum absolute atomic E-state index is 0.121. The van der Waals surface area contributed by atoms with E-state index in [1.807, 2.05) is 12.1 Å². The van der Waals surface area contributed by atoms with Crippen molar-refractivity contribution in [1.29, 1.82) is 0 Å². The van der Waals surface area contributed by atoms with Crippen LogP contribution in [-0.2, 0) is 4.79 Å². The monoisotopic (exact) mass is 333 g/mol. The summed E-state index contributed by atoms with van der Waals surface area (Å²) in [6.07, 6.45) is 9.49. The van der Waals surface area contributed by atoms with Crippen molar-refractivity contribution in [2.45, 2.75) is 64.9 Å². The highest BCUT2D eigenvalue weighted by molar-refractivity contribution is 5.92. The zero-order valence-corrected chi connectivity index (χ0v) is 14.9. The van der Waals surface area contributed by atoms with Gasteiger partial charge in [-0.3, -0.25) is 4.79 Å². The van der Waals surface area contributed by atoms with Gasteiger partial charge in [-0.1, -0.05) is 26.2 Å². The molecule has 134 valence electrons. The lowest BCUT2D eigenvalue weighted by Crippen LogP contribution is -2.27. The summed E-state index contributed by atoms with van der Waals surface area (Å²) in [5, 5.41) is 15.3. The number of carbonyl (C=O) groups is 1. The highest BCUT2D eigenvalue weighted by Gasteiger charge is 2.26. The Hall–Kier alpha value is -1.62. The topological polar surface area (TPSA) is 74.2 Å². The normalized spacial score (nSPS) is 22.0. The molecule has 1 aliphatic rings. The van der Waals surface area contributed by atoms with Crippen molar-refractivity contribution in [3.05, 3.63) is 18.3 Å². The summed E-state index contributed by atoms with van der Waals surface area (Å²) in [6, 6.07) is 3.67. The molecule has 0 radical (unpaired) electrons. The average molecular weight is 333 g/mol. The number of amides is 1. The Morgan fingerprint density at radius 2 is 2.08 bits per heavy atom. The lowest BCUT2D eigenvalue weighted by atomic mass is 9.79. The van der Waals surface area contributed by atoms with Crippen LogP contribution in [0.5, 0.6) is 0 Å². The lowest BCUT2D eigenvalue weighted by molar-refractivity contribution is -0.121. The number of hydrogen-bond acceptors (Lipinski definition) is 4. The highest BCUT2D eigenvalue weighted by Crippen LogP contribution is 2.32. The first-order chi connectivity index (χ1) is 11.6. The Kier molecular flexibility index (Phi) is 7.50. The minimum atomic E-state index is -0.418. The fraction of sp³-hybridized carbons (Fsp3) is 0.684. The summed E-state index contributed by atoms with van der Waals surface area (Å²) in [7, 11) is 0. The van der Waals surface area contributed by atoms with Crippen LogP contribution < -0.4 is 10.6 Å². The van der Waals surface area contributed by atoms with Crippen LogP contribution in [0.3, 0.4) is 0 Å². The van der Waals surface area contributed by atoms with Crippen molar-refractivity contribution in [3.63, 3.8) is 0 Å². The summed E-state index contributed by atoms with van der Waals surface area (Å²) in [5.74, 6) is 1.77. The first-order valence-electron chi connectivity index (χ1n) is 9.27. The average Bonchev–Trinajstić information content (AvgIpc) is 2.59. The van der Waals surface area contributed by atoms with E-state index >= 15 is 0 Å². The van der Waals surface area contributed by atoms with Gasteiger partial charge in [-0.15, -0.1) is 0 Å². The summed E-state index contributed by atoms with van der Waals surface area (Å²) in [4.78, 5) is 16.7. The van der Waals surface area contributed by atoms with Gasteiger partial charge in [0.2, 0.25) is 5.91 Å². The van der Waals surface area contributed by atoms with Crippen molar-refractivity contribution < 1.29 is 9.90 Å². The summed E-state index contributed by atoms with van der Waals surface area (Å²) >= 11 is 0. The Balaban J connectivity index is 1.76. The fourth-order valence-corrected chi connectivity index (χ4v) is 3.28. The molecular formula is C19H31N3O2. The summed E-state index contributed by atoms with van der Waals surface area (Å²) in [5.41, 5.74) is 0.732. The maximum Gasteiger partial charge on any atom is 0.227 e. The third kappa shape index (κ3) is 6.11. The van der Waals surface area contributed by atoms with Gasteiger partial charge in [0.15, 0.2) is 0 Å². The van der Waals surface area contributed by atoms with Crippen molar-refractivity contribution in [2.75, 3.05) is 17.2 Å². The maximum atomic E-state index is 12.4. The molecule has 3 N–H and O–H groups in total. The van der Waals surface area contributed by atoms with E-state index < -0.39 is 6.10 Å². The number of pyridine rings is 1. The highest BCUT2D eigenvalue weighted by atomic mass is 16.3. The van der Waals surface area contributed by atoms with Crippen LogP contribution in [0.25, 0.3) is 0 Å². The van der Waals surface area contributed by atoms with Gasteiger partial charge in [0, 0.05) is 12.5 Å². The second kappa shape index (κ2) is 9.62. The number of nitrogens with zero attached hydrogens (tertiary/aromatic N) is 1. The number of anilines is 2. The molecule has 0 bridgehead atoms. The number of aliphatic hydroxyl groups excluding tert-OH is 1. The van der Waals surface area contributed by atoms with E-state index in [2.05, 4.69) is 22.5 Å². The van der Waals surface area contributed by atoms with Crippen LogP contribution >= 0.6 is 0 Å². The van der Waals surface area contributed by atoms with Crippen LogP contribution in [0, 0.1) is 11.8 Å². The molecule has 1 atom stereocenters.